The minimum atomic E-state index is -0.347. The van der Waals surface area contributed by atoms with Gasteiger partial charge in [-0.3, -0.25) is 5.10 Å². The molecule has 8 nitrogen and oxygen atoms in total. The molecule has 1 unspecified atom stereocenters. The highest BCUT2D eigenvalue weighted by molar-refractivity contribution is 5.90. The number of nitrogens with zero attached hydrogens (tertiary/aromatic N) is 3. The Kier molecular flexibility index (Phi) is 7.22. The maximum absolute atomic E-state index is 12.4. The maximum atomic E-state index is 12.4. The number of aromatic nitrogens is 2. The van der Waals surface area contributed by atoms with E-state index in [0.29, 0.717) is 17.8 Å². The predicted octanol–water partition coefficient (Wildman–Crippen LogP) is 2.97. The van der Waals surface area contributed by atoms with Crippen LogP contribution >= 0.6 is 0 Å². The summed E-state index contributed by atoms with van der Waals surface area (Å²) in [6, 6.07) is 7.24. The van der Waals surface area contributed by atoms with Crippen LogP contribution in [0.15, 0.2) is 36.7 Å². The van der Waals surface area contributed by atoms with E-state index in [1.165, 1.54) is 7.11 Å². The first-order valence-corrected chi connectivity index (χ1v) is 9.08. The van der Waals surface area contributed by atoms with Crippen molar-refractivity contribution >= 4 is 23.4 Å². The number of hydrogen-bond acceptors (Lipinski definition) is 5. The molecule has 3 rings (SSSR count). The number of piperazine rings is 1. The number of methoxy groups -OCH3 is 1. The summed E-state index contributed by atoms with van der Waals surface area (Å²) >= 11 is 0. The molecule has 0 bridgehead atoms. The van der Waals surface area contributed by atoms with E-state index in [-0.39, 0.29) is 18.0 Å². The minimum absolute atomic E-state index is 0.0564. The quantitative estimate of drug-likeness (QED) is 0.807. The van der Waals surface area contributed by atoms with Gasteiger partial charge in [0.05, 0.1) is 24.6 Å². The van der Waals surface area contributed by atoms with Crippen molar-refractivity contribution < 1.29 is 14.3 Å². The van der Waals surface area contributed by atoms with Crippen LogP contribution in [0.5, 0.6) is 0 Å². The van der Waals surface area contributed by atoms with Crippen LogP contribution in [-0.2, 0) is 4.74 Å². The summed E-state index contributed by atoms with van der Waals surface area (Å²) in [6.07, 6.45) is 3.21. The molecular formula is C19H27N5O3. The van der Waals surface area contributed by atoms with Crippen molar-refractivity contribution in [3.05, 3.63) is 42.2 Å². The fourth-order valence-corrected chi connectivity index (χ4v) is 2.93. The Labute approximate surface area is 159 Å². The molecule has 1 atom stereocenters. The molecule has 0 spiro atoms. The number of hydrogen-bond donors (Lipinski definition) is 2. The molecule has 1 aliphatic rings. The van der Waals surface area contributed by atoms with Gasteiger partial charge in [-0.1, -0.05) is 13.8 Å². The van der Waals surface area contributed by atoms with Gasteiger partial charge >= 0.3 is 12.0 Å². The average Bonchev–Trinajstić information content (AvgIpc) is 3.22. The number of nitrogens with one attached hydrogen (secondary N) is 2. The lowest BCUT2D eigenvalue weighted by Crippen LogP contribution is -2.55. The number of urea groups is 1. The molecule has 2 heterocycles. The highest BCUT2D eigenvalue weighted by atomic mass is 16.5. The molecule has 2 N–H and O–H groups in total. The summed E-state index contributed by atoms with van der Waals surface area (Å²) < 4.78 is 4.71. The van der Waals surface area contributed by atoms with E-state index in [0.717, 1.165) is 18.8 Å². The zero-order valence-corrected chi connectivity index (χ0v) is 16.2. The number of rotatable bonds is 3. The van der Waals surface area contributed by atoms with Crippen LogP contribution in [0.2, 0.25) is 0 Å². The molecule has 1 aliphatic heterocycles. The minimum Gasteiger partial charge on any atom is -0.465 e. The maximum Gasteiger partial charge on any atom is 0.337 e. The number of H-pyrrole nitrogens is 1. The Morgan fingerprint density at radius 1 is 1.22 bits per heavy atom. The van der Waals surface area contributed by atoms with E-state index in [4.69, 9.17) is 4.74 Å². The standard InChI is InChI=1S/C17H21N5O3.C2H6/c1-12-11-21(15-5-3-13(4-6-15)16(23)25-2)7-8-22(12)17(24)20-14-9-18-19-10-14;1-2/h3-6,9-10,12H,7-8,11H2,1-2H3,(H,18,19)(H,20,24);1-2H3. The third kappa shape index (κ3) is 4.99. The van der Waals surface area contributed by atoms with E-state index < -0.39 is 0 Å². The molecular weight excluding hydrogens is 346 g/mol. The van der Waals surface area contributed by atoms with Gasteiger partial charge in [0.25, 0.3) is 0 Å². The van der Waals surface area contributed by atoms with E-state index in [1.807, 2.05) is 37.8 Å². The SMILES string of the molecule is CC.COC(=O)c1ccc(N2CCN(C(=O)Nc3cn[nH]c3)C(C)C2)cc1. The number of carbonyl (C=O) groups excluding carboxylic acids is 2. The van der Waals surface area contributed by atoms with Gasteiger partial charge in [0, 0.05) is 37.6 Å². The van der Waals surface area contributed by atoms with Crippen LogP contribution in [0, 0.1) is 0 Å². The Hall–Kier alpha value is -3.03. The zero-order valence-electron chi connectivity index (χ0n) is 16.2. The van der Waals surface area contributed by atoms with Crippen LogP contribution in [0.3, 0.4) is 0 Å². The van der Waals surface area contributed by atoms with Crippen LogP contribution in [0.1, 0.15) is 31.1 Å². The van der Waals surface area contributed by atoms with E-state index in [9.17, 15) is 9.59 Å². The summed E-state index contributed by atoms with van der Waals surface area (Å²) in [5, 5.41) is 9.31. The van der Waals surface area contributed by atoms with Gasteiger partial charge in [0.1, 0.15) is 0 Å². The number of amides is 2. The van der Waals surface area contributed by atoms with Gasteiger partial charge in [-0.15, -0.1) is 0 Å². The number of anilines is 2. The summed E-state index contributed by atoms with van der Waals surface area (Å²) in [6.45, 7) is 8.07. The lowest BCUT2D eigenvalue weighted by atomic mass is 10.1. The van der Waals surface area contributed by atoms with Gasteiger partial charge in [0.2, 0.25) is 0 Å². The van der Waals surface area contributed by atoms with E-state index in [2.05, 4.69) is 20.4 Å². The summed E-state index contributed by atoms with van der Waals surface area (Å²) in [5.41, 5.74) is 2.20. The molecule has 146 valence electrons. The summed E-state index contributed by atoms with van der Waals surface area (Å²) in [4.78, 5) is 27.9. The van der Waals surface area contributed by atoms with Gasteiger partial charge in [-0.2, -0.15) is 5.10 Å². The van der Waals surface area contributed by atoms with Crippen molar-refractivity contribution in [2.45, 2.75) is 26.8 Å². The lowest BCUT2D eigenvalue weighted by molar-refractivity contribution is 0.0600. The highest BCUT2D eigenvalue weighted by Gasteiger charge is 2.27. The highest BCUT2D eigenvalue weighted by Crippen LogP contribution is 2.21. The van der Waals surface area contributed by atoms with Crippen LogP contribution in [-0.4, -0.2) is 59.9 Å². The molecule has 1 aromatic heterocycles. The van der Waals surface area contributed by atoms with Crippen LogP contribution in [0.4, 0.5) is 16.2 Å². The Bertz CT molecular complexity index is 730. The zero-order chi connectivity index (χ0) is 19.8. The lowest BCUT2D eigenvalue weighted by Gasteiger charge is -2.40. The largest absolute Gasteiger partial charge is 0.465 e. The fraction of sp³-hybridized carbons (Fsp3) is 0.421. The van der Waals surface area contributed by atoms with E-state index in [1.54, 1.807) is 24.5 Å². The summed E-state index contributed by atoms with van der Waals surface area (Å²) in [7, 11) is 1.37. The first kappa shape index (κ1) is 20.3. The Morgan fingerprint density at radius 3 is 2.48 bits per heavy atom. The normalized spacial score (nSPS) is 16.2. The van der Waals surface area contributed by atoms with Gasteiger partial charge in [0.15, 0.2) is 0 Å². The van der Waals surface area contributed by atoms with E-state index >= 15 is 0 Å². The number of carbonyl (C=O) groups is 2. The second kappa shape index (κ2) is 9.61. The molecule has 2 aromatic rings. The van der Waals surface area contributed by atoms with Crippen molar-refractivity contribution in [2.75, 3.05) is 37.0 Å². The Morgan fingerprint density at radius 2 is 1.93 bits per heavy atom. The molecule has 1 fully saturated rings. The Balaban J connectivity index is 0.00000126. The van der Waals surface area contributed by atoms with Gasteiger partial charge in [-0.25, -0.2) is 9.59 Å². The number of benzene rings is 1. The second-order valence-corrected chi connectivity index (χ2v) is 5.94. The van der Waals surface area contributed by atoms with Crippen molar-refractivity contribution in [1.82, 2.24) is 15.1 Å². The molecule has 8 heteroatoms. The molecule has 2 amide bonds. The molecule has 1 aromatic carbocycles. The molecule has 0 radical (unpaired) electrons. The number of ether oxygens (including phenoxy) is 1. The summed E-state index contributed by atoms with van der Waals surface area (Å²) in [5.74, 6) is -0.347. The molecule has 0 aliphatic carbocycles. The smallest absolute Gasteiger partial charge is 0.337 e. The fourth-order valence-electron chi connectivity index (χ4n) is 2.93. The number of esters is 1. The predicted molar refractivity (Wildman–Crippen MR) is 105 cm³/mol. The topological polar surface area (TPSA) is 90.6 Å². The van der Waals surface area contributed by atoms with Gasteiger partial charge < -0.3 is 19.9 Å². The monoisotopic (exact) mass is 373 g/mol. The third-order valence-corrected chi connectivity index (χ3v) is 4.29. The molecule has 27 heavy (non-hydrogen) atoms. The van der Waals surface area contributed by atoms with Crippen molar-refractivity contribution in [3.63, 3.8) is 0 Å². The van der Waals surface area contributed by atoms with Crippen LogP contribution in [0.25, 0.3) is 0 Å². The van der Waals surface area contributed by atoms with Crippen molar-refractivity contribution in [3.8, 4) is 0 Å². The third-order valence-electron chi connectivity index (χ3n) is 4.29. The molecule has 1 saturated heterocycles. The number of aromatic amines is 1. The van der Waals surface area contributed by atoms with Crippen molar-refractivity contribution in [1.29, 1.82) is 0 Å². The van der Waals surface area contributed by atoms with Gasteiger partial charge in [-0.05, 0) is 31.2 Å². The first-order valence-electron chi connectivity index (χ1n) is 9.08. The van der Waals surface area contributed by atoms with Crippen molar-refractivity contribution in [2.24, 2.45) is 0 Å². The second-order valence-electron chi connectivity index (χ2n) is 5.94. The average molecular weight is 373 g/mol. The van der Waals surface area contributed by atoms with Crippen LogP contribution < -0.4 is 10.2 Å². The first-order chi connectivity index (χ1) is 13.1. The molecule has 0 saturated carbocycles.